The second-order valence-corrected chi connectivity index (χ2v) is 7.77. The first kappa shape index (κ1) is 19.3. The Labute approximate surface area is 151 Å². The van der Waals surface area contributed by atoms with Crippen molar-refractivity contribution in [1.29, 1.82) is 0 Å². The van der Waals surface area contributed by atoms with E-state index in [2.05, 4.69) is 0 Å². The Balaban J connectivity index is 2.00. The van der Waals surface area contributed by atoms with Crippen molar-refractivity contribution < 1.29 is 13.7 Å². The number of ether oxygens (including phenoxy) is 1. The number of nitrogens with zero attached hydrogens (tertiary/aromatic N) is 1. The molecular formula is C18H24ClNO3S. The van der Waals surface area contributed by atoms with Crippen LogP contribution in [0, 0.1) is 0 Å². The van der Waals surface area contributed by atoms with Crippen LogP contribution in [0.2, 0.25) is 5.02 Å². The lowest BCUT2D eigenvalue weighted by atomic mass is 10.2. The van der Waals surface area contributed by atoms with Crippen LogP contribution in [-0.4, -0.2) is 34.0 Å². The number of piperidine rings is 1. The third-order valence-electron chi connectivity index (χ3n) is 4.13. The van der Waals surface area contributed by atoms with Crippen molar-refractivity contribution in [1.82, 2.24) is 4.31 Å². The minimum Gasteiger partial charge on any atom is -0.369 e. The Bertz CT molecular complexity index is 639. The van der Waals surface area contributed by atoms with E-state index in [-0.39, 0.29) is 19.0 Å². The maximum absolute atomic E-state index is 12.7. The van der Waals surface area contributed by atoms with E-state index in [4.69, 9.17) is 16.3 Å². The van der Waals surface area contributed by atoms with Crippen molar-refractivity contribution in [2.75, 3.05) is 19.7 Å². The molecule has 2 rings (SSSR count). The molecule has 0 bridgehead atoms. The van der Waals surface area contributed by atoms with Crippen molar-refractivity contribution in [3.05, 3.63) is 40.4 Å². The van der Waals surface area contributed by atoms with E-state index >= 15 is 0 Å². The third-order valence-corrected chi connectivity index (χ3v) is 5.99. The second-order valence-electron chi connectivity index (χ2n) is 5.88. The van der Waals surface area contributed by atoms with Gasteiger partial charge in [-0.15, -0.1) is 0 Å². The summed E-state index contributed by atoms with van der Waals surface area (Å²) in [6.45, 7) is 5.56. The zero-order valence-corrected chi connectivity index (χ0v) is 15.8. The molecule has 1 heterocycles. The van der Waals surface area contributed by atoms with Crippen molar-refractivity contribution >= 4 is 28.4 Å². The van der Waals surface area contributed by atoms with Gasteiger partial charge in [-0.2, -0.15) is 0 Å². The molecule has 1 fully saturated rings. The molecule has 0 aliphatic carbocycles. The fourth-order valence-electron chi connectivity index (χ4n) is 2.48. The van der Waals surface area contributed by atoms with Gasteiger partial charge in [0.15, 0.2) is 5.78 Å². The summed E-state index contributed by atoms with van der Waals surface area (Å²) in [5.41, 5.74) is 1.44. The molecule has 132 valence electrons. The van der Waals surface area contributed by atoms with Gasteiger partial charge in [0.05, 0.1) is 11.5 Å². The topological polar surface area (TPSA) is 46.6 Å². The van der Waals surface area contributed by atoms with Crippen LogP contribution in [0.4, 0.5) is 0 Å². The van der Waals surface area contributed by atoms with Crippen LogP contribution in [0.1, 0.15) is 38.7 Å². The molecule has 0 amide bonds. The van der Waals surface area contributed by atoms with Gasteiger partial charge in [0.25, 0.3) is 0 Å². The van der Waals surface area contributed by atoms with Gasteiger partial charge in [-0.05, 0) is 56.0 Å². The molecule has 0 radical (unpaired) electrons. The van der Waals surface area contributed by atoms with Crippen LogP contribution >= 0.6 is 11.6 Å². The Morgan fingerprint density at radius 1 is 1.33 bits per heavy atom. The Morgan fingerprint density at radius 3 is 2.71 bits per heavy atom. The fourth-order valence-corrected chi connectivity index (χ4v) is 3.97. The normalized spacial score (nSPS) is 17.7. The van der Waals surface area contributed by atoms with E-state index in [0.717, 1.165) is 36.4 Å². The highest BCUT2D eigenvalue weighted by molar-refractivity contribution is 7.82. The van der Waals surface area contributed by atoms with E-state index in [1.165, 1.54) is 6.42 Å². The van der Waals surface area contributed by atoms with E-state index in [1.54, 1.807) is 25.1 Å². The maximum Gasteiger partial charge on any atom is 0.183 e. The number of hydrogen-bond acceptors (Lipinski definition) is 3. The summed E-state index contributed by atoms with van der Waals surface area (Å²) in [6.07, 6.45) is 5.14. The summed E-state index contributed by atoms with van der Waals surface area (Å²) in [4.78, 5) is 12.5. The molecule has 0 spiro atoms. The minimum atomic E-state index is -1.17. The van der Waals surface area contributed by atoms with Gasteiger partial charge >= 0.3 is 0 Å². The summed E-state index contributed by atoms with van der Waals surface area (Å²) in [7, 11) is -1.17. The van der Waals surface area contributed by atoms with Crippen molar-refractivity contribution in [2.45, 2.75) is 44.6 Å². The molecule has 1 aromatic rings. The predicted molar refractivity (Wildman–Crippen MR) is 97.4 cm³/mol. The number of allylic oxidation sites excluding steroid dienone is 1. The summed E-state index contributed by atoms with van der Waals surface area (Å²) >= 11 is 6.20. The van der Waals surface area contributed by atoms with Crippen LogP contribution < -0.4 is 0 Å². The first-order valence-corrected chi connectivity index (χ1v) is 9.70. The zero-order chi connectivity index (χ0) is 17.5. The van der Waals surface area contributed by atoms with E-state index < -0.39 is 11.0 Å². The summed E-state index contributed by atoms with van der Waals surface area (Å²) < 4.78 is 20.1. The lowest BCUT2D eigenvalue weighted by Crippen LogP contribution is -2.31. The number of ketones is 1. The molecule has 0 saturated carbocycles. The molecule has 0 aromatic heterocycles. The van der Waals surface area contributed by atoms with Gasteiger partial charge in [-0.25, -0.2) is 8.51 Å². The second kappa shape index (κ2) is 9.47. The summed E-state index contributed by atoms with van der Waals surface area (Å²) in [5.74, 6) is -0.0401. The standard InChI is InChI=1S/C18H24ClNO3S/c1-3-14(2)18(21)13-23-12-15-11-16(7-8-17(15)19)24(22)20-9-5-4-6-10-20/h3,7-8,11H,4-6,9-10,12-13H2,1-2H3/b14-3+. The molecule has 1 unspecified atom stereocenters. The average Bonchev–Trinajstić information content (AvgIpc) is 2.62. The highest BCUT2D eigenvalue weighted by Gasteiger charge is 2.18. The van der Waals surface area contributed by atoms with Crippen LogP contribution in [0.5, 0.6) is 0 Å². The molecule has 1 aliphatic heterocycles. The van der Waals surface area contributed by atoms with Gasteiger partial charge in [0, 0.05) is 18.1 Å². The van der Waals surface area contributed by atoms with Gasteiger partial charge in [-0.1, -0.05) is 24.1 Å². The van der Waals surface area contributed by atoms with Gasteiger partial charge in [0.1, 0.15) is 17.6 Å². The Morgan fingerprint density at radius 2 is 2.04 bits per heavy atom. The number of Topliss-reactive ketones (excluding diaryl/α,β-unsaturated/α-hetero) is 1. The minimum absolute atomic E-state index is 0.0198. The number of halogens is 1. The average molecular weight is 370 g/mol. The molecular weight excluding hydrogens is 346 g/mol. The maximum atomic E-state index is 12.7. The largest absolute Gasteiger partial charge is 0.369 e. The smallest absolute Gasteiger partial charge is 0.183 e. The quantitative estimate of drug-likeness (QED) is 0.685. The summed E-state index contributed by atoms with van der Waals surface area (Å²) in [5, 5.41) is 0.560. The summed E-state index contributed by atoms with van der Waals surface area (Å²) in [6, 6.07) is 5.36. The molecule has 1 atom stereocenters. The van der Waals surface area contributed by atoms with Crippen LogP contribution in [0.3, 0.4) is 0 Å². The van der Waals surface area contributed by atoms with Crippen LogP contribution in [-0.2, 0) is 27.1 Å². The first-order chi connectivity index (χ1) is 11.5. The number of hydrogen-bond donors (Lipinski definition) is 0. The van der Waals surface area contributed by atoms with Gasteiger partial charge < -0.3 is 4.74 Å². The van der Waals surface area contributed by atoms with E-state index in [0.29, 0.717) is 10.6 Å². The van der Waals surface area contributed by atoms with E-state index in [9.17, 15) is 9.00 Å². The first-order valence-electron chi connectivity index (χ1n) is 8.22. The number of carbonyl (C=O) groups excluding carboxylic acids is 1. The lowest BCUT2D eigenvalue weighted by Gasteiger charge is -2.25. The van der Waals surface area contributed by atoms with Crippen LogP contribution in [0.15, 0.2) is 34.7 Å². The van der Waals surface area contributed by atoms with Gasteiger partial charge in [0.2, 0.25) is 0 Å². The van der Waals surface area contributed by atoms with Crippen molar-refractivity contribution in [3.63, 3.8) is 0 Å². The third kappa shape index (κ3) is 5.24. The SMILES string of the molecule is C/C=C(\C)C(=O)COCc1cc(S(=O)N2CCCCC2)ccc1Cl. The molecule has 0 N–H and O–H groups in total. The van der Waals surface area contributed by atoms with Gasteiger partial charge in [-0.3, -0.25) is 4.79 Å². The molecule has 1 saturated heterocycles. The molecule has 1 aliphatic rings. The van der Waals surface area contributed by atoms with Crippen molar-refractivity contribution in [2.24, 2.45) is 0 Å². The Hall–Kier alpha value is -1.01. The lowest BCUT2D eigenvalue weighted by molar-refractivity contribution is -0.120. The predicted octanol–water partition coefficient (Wildman–Crippen LogP) is 3.90. The zero-order valence-electron chi connectivity index (χ0n) is 14.2. The highest BCUT2D eigenvalue weighted by atomic mass is 35.5. The van der Waals surface area contributed by atoms with E-state index in [1.807, 2.05) is 17.3 Å². The number of benzene rings is 1. The molecule has 6 heteroatoms. The fraction of sp³-hybridized carbons (Fsp3) is 0.500. The van der Waals surface area contributed by atoms with Crippen molar-refractivity contribution in [3.8, 4) is 0 Å². The molecule has 1 aromatic carbocycles. The monoisotopic (exact) mass is 369 g/mol. The molecule has 24 heavy (non-hydrogen) atoms. The van der Waals surface area contributed by atoms with Crippen LogP contribution in [0.25, 0.3) is 0 Å². The number of rotatable bonds is 7. The molecule has 4 nitrogen and oxygen atoms in total. The Kier molecular flexibility index (Phi) is 7.62. The number of carbonyl (C=O) groups is 1. The highest BCUT2D eigenvalue weighted by Crippen LogP contribution is 2.23.